The van der Waals surface area contributed by atoms with Gasteiger partial charge in [0.25, 0.3) is 0 Å². The predicted molar refractivity (Wildman–Crippen MR) is 83.2 cm³/mol. The maximum Gasteiger partial charge on any atom is 0.0112 e. The molecule has 0 saturated heterocycles. The topological polar surface area (TPSA) is 15.3 Å². The van der Waals surface area contributed by atoms with Crippen LogP contribution in [0.25, 0.3) is 0 Å². The molecule has 0 aromatic carbocycles. The minimum Gasteiger partial charge on any atom is -0.314 e. The Morgan fingerprint density at radius 2 is 1.78 bits per heavy atom. The van der Waals surface area contributed by atoms with E-state index < -0.39 is 0 Å². The van der Waals surface area contributed by atoms with Crippen molar-refractivity contribution >= 4 is 0 Å². The second kappa shape index (κ2) is 8.92. The van der Waals surface area contributed by atoms with Crippen molar-refractivity contribution in [3.05, 3.63) is 0 Å². The third kappa shape index (κ3) is 7.38. The first-order valence-electron chi connectivity index (χ1n) is 7.76. The lowest BCUT2D eigenvalue weighted by atomic mass is 9.87. The standard InChI is InChI=1S/C16H36N2/c1-8-12-17-15(9-2)11-10-13-18(7)14(3)16(4,5)6/h14-15,17H,8-13H2,1-7H3. The predicted octanol–water partition coefficient (Wildman–Crippen LogP) is 3.91. The number of nitrogens with one attached hydrogen (secondary N) is 1. The highest BCUT2D eigenvalue weighted by atomic mass is 15.1. The van der Waals surface area contributed by atoms with Crippen molar-refractivity contribution in [1.82, 2.24) is 10.2 Å². The molecule has 110 valence electrons. The highest BCUT2D eigenvalue weighted by Gasteiger charge is 2.23. The van der Waals surface area contributed by atoms with Crippen LogP contribution < -0.4 is 5.32 Å². The number of rotatable bonds is 9. The van der Waals surface area contributed by atoms with E-state index in [4.69, 9.17) is 0 Å². The van der Waals surface area contributed by atoms with Crippen LogP contribution in [-0.4, -0.2) is 37.1 Å². The average molecular weight is 256 g/mol. The van der Waals surface area contributed by atoms with Crippen LogP contribution in [0.3, 0.4) is 0 Å². The van der Waals surface area contributed by atoms with Crippen molar-refractivity contribution in [2.75, 3.05) is 20.1 Å². The summed E-state index contributed by atoms with van der Waals surface area (Å²) in [7, 11) is 2.26. The van der Waals surface area contributed by atoms with Crippen molar-refractivity contribution in [3.8, 4) is 0 Å². The van der Waals surface area contributed by atoms with Gasteiger partial charge >= 0.3 is 0 Å². The van der Waals surface area contributed by atoms with Crippen LogP contribution >= 0.6 is 0 Å². The van der Waals surface area contributed by atoms with Gasteiger partial charge in [-0.15, -0.1) is 0 Å². The molecule has 0 saturated carbocycles. The summed E-state index contributed by atoms with van der Waals surface area (Å²) >= 11 is 0. The molecule has 0 radical (unpaired) electrons. The molecule has 2 heteroatoms. The van der Waals surface area contributed by atoms with Gasteiger partial charge in [0.15, 0.2) is 0 Å². The van der Waals surface area contributed by atoms with Crippen molar-refractivity contribution < 1.29 is 0 Å². The van der Waals surface area contributed by atoms with Crippen LogP contribution in [0.1, 0.15) is 67.2 Å². The molecule has 0 amide bonds. The molecule has 0 aromatic rings. The van der Waals surface area contributed by atoms with Crippen molar-refractivity contribution in [2.24, 2.45) is 5.41 Å². The molecule has 0 aliphatic carbocycles. The fraction of sp³-hybridized carbons (Fsp3) is 1.00. The van der Waals surface area contributed by atoms with E-state index in [0.29, 0.717) is 17.5 Å². The Morgan fingerprint density at radius 3 is 2.22 bits per heavy atom. The highest BCUT2D eigenvalue weighted by molar-refractivity contribution is 4.77. The van der Waals surface area contributed by atoms with Crippen molar-refractivity contribution in [3.63, 3.8) is 0 Å². The van der Waals surface area contributed by atoms with E-state index >= 15 is 0 Å². The zero-order chi connectivity index (χ0) is 14.2. The summed E-state index contributed by atoms with van der Waals surface area (Å²) in [5.74, 6) is 0. The molecule has 0 aliphatic rings. The molecule has 2 unspecified atom stereocenters. The molecular formula is C16H36N2. The number of hydrogen-bond acceptors (Lipinski definition) is 2. The van der Waals surface area contributed by atoms with E-state index in [1.54, 1.807) is 0 Å². The summed E-state index contributed by atoms with van der Waals surface area (Å²) in [5.41, 5.74) is 0.374. The molecule has 18 heavy (non-hydrogen) atoms. The van der Waals surface area contributed by atoms with Crippen molar-refractivity contribution in [1.29, 1.82) is 0 Å². The van der Waals surface area contributed by atoms with E-state index in [1.165, 1.54) is 32.2 Å². The molecule has 0 aromatic heterocycles. The Bertz CT molecular complexity index is 196. The van der Waals surface area contributed by atoms with Gasteiger partial charge in [-0.3, -0.25) is 0 Å². The highest BCUT2D eigenvalue weighted by Crippen LogP contribution is 2.23. The largest absolute Gasteiger partial charge is 0.314 e. The normalized spacial score (nSPS) is 16.0. The summed E-state index contributed by atoms with van der Waals surface area (Å²) in [6.45, 7) is 16.2. The van der Waals surface area contributed by atoms with E-state index in [0.717, 1.165) is 6.54 Å². The third-order valence-corrected chi connectivity index (χ3v) is 4.15. The quantitative estimate of drug-likeness (QED) is 0.673. The Kier molecular flexibility index (Phi) is 8.89. The monoisotopic (exact) mass is 256 g/mol. The van der Waals surface area contributed by atoms with Gasteiger partial charge in [0, 0.05) is 12.1 Å². The first-order chi connectivity index (χ1) is 8.32. The van der Waals surface area contributed by atoms with Crippen LogP contribution in [0.15, 0.2) is 0 Å². The number of hydrogen-bond donors (Lipinski definition) is 1. The van der Waals surface area contributed by atoms with Gasteiger partial charge in [0.05, 0.1) is 0 Å². The Balaban J connectivity index is 3.88. The molecule has 2 nitrogen and oxygen atoms in total. The smallest absolute Gasteiger partial charge is 0.0112 e. The van der Waals surface area contributed by atoms with Crippen LogP contribution in [0, 0.1) is 5.41 Å². The fourth-order valence-electron chi connectivity index (χ4n) is 2.24. The Labute approximate surface area is 116 Å². The minimum absolute atomic E-state index is 0.374. The van der Waals surface area contributed by atoms with E-state index in [9.17, 15) is 0 Å². The van der Waals surface area contributed by atoms with E-state index in [1.807, 2.05) is 0 Å². The van der Waals surface area contributed by atoms with Crippen LogP contribution in [0.2, 0.25) is 0 Å². The molecule has 0 aliphatic heterocycles. The van der Waals surface area contributed by atoms with Crippen LogP contribution in [0.4, 0.5) is 0 Å². The average Bonchev–Trinajstić information content (AvgIpc) is 2.31. The van der Waals surface area contributed by atoms with E-state index in [-0.39, 0.29) is 0 Å². The molecule has 0 rings (SSSR count). The third-order valence-electron chi connectivity index (χ3n) is 4.15. The maximum atomic E-state index is 3.63. The van der Waals surface area contributed by atoms with Crippen LogP contribution in [0.5, 0.6) is 0 Å². The van der Waals surface area contributed by atoms with Crippen LogP contribution in [-0.2, 0) is 0 Å². The van der Waals surface area contributed by atoms with Gasteiger partial charge in [0.2, 0.25) is 0 Å². The lowest BCUT2D eigenvalue weighted by Crippen LogP contribution is -2.40. The summed E-state index contributed by atoms with van der Waals surface area (Å²) in [5, 5.41) is 3.63. The summed E-state index contributed by atoms with van der Waals surface area (Å²) < 4.78 is 0. The molecule has 0 bridgehead atoms. The fourth-order valence-corrected chi connectivity index (χ4v) is 2.24. The van der Waals surface area contributed by atoms with Gasteiger partial charge in [-0.1, -0.05) is 34.6 Å². The van der Waals surface area contributed by atoms with Gasteiger partial charge < -0.3 is 10.2 Å². The number of nitrogens with zero attached hydrogens (tertiary/aromatic N) is 1. The molecule has 1 N–H and O–H groups in total. The SMILES string of the molecule is CCCNC(CC)CCCN(C)C(C)C(C)(C)C. The lowest BCUT2D eigenvalue weighted by molar-refractivity contribution is 0.138. The van der Waals surface area contributed by atoms with E-state index in [2.05, 4.69) is 58.8 Å². The summed E-state index contributed by atoms with van der Waals surface area (Å²) in [6.07, 6.45) is 5.08. The maximum absolute atomic E-state index is 3.63. The first-order valence-corrected chi connectivity index (χ1v) is 7.76. The zero-order valence-corrected chi connectivity index (χ0v) is 13.8. The molecular weight excluding hydrogens is 220 g/mol. The van der Waals surface area contributed by atoms with Crippen molar-refractivity contribution in [2.45, 2.75) is 79.3 Å². The molecule has 0 fully saturated rings. The summed E-state index contributed by atoms with van der Waals surface area (Å²) in [6, 6.07) is 1.35. The second-order valence-electron chi connectivity index (χ2n) is 6.72. The molecule has 0 heterocycles. The van der Waals surface area contributed by atoms with Gasteiger partial charge in [-0.05, 0) is 58.2 Å². The second-order valence-corrected chi connectivity index (χ2v) is 6.72. The Hall–Kier alpha value is -0.0800. The molecule has 0 spiro atoms. The summed E-state index contributed by atoms with van der Waals surface area (Å²) in [4.78, 5) is 2.51. The molecule has 2 atom stereocenters. The van der Waals surface area contributed by atoms with Gasteiger partial charge in [-0.2, -0.15) is 0 Å². The zero-order valence-electron chi connectivity index (χ0n) is 13.8. The first kappa shape index (κ1) is 17.9. The van der Waals surface area contributed by atoms with Gasteiger partial charge in [-0.25, -0.2) is 0 Å². The minimum atomic E-state index is 0.374. The lowest BCUT2D eigenvalue weighted by Gasteiger charge is -2.35. The Morgan fingerprint density at radius 1 is 1.17 bits per heavy atom. The van der Waals surface area contributed by atoms with Gasteiger partial charge in [0.1, 0.15) is 0 Å².